The lowest BCUT2D eigenvalue weighted by molar-refractivity contribution is -0.0841. The highest BCUT2D eigenvalue weighted by Gasteiger charge is 2.45. The van der Waals surface area contributed by atoms with Crippen LogP contribution >= 0.6 is 11.6 Å². The molecule has 39 heavy (non-hydrogen) atoms. The van der Waals surface area contributed by atoms with Gasteiger partial charge in [0, 0.05) is 52.9 Å². The summed E-state index contributed by atoms with van der Waals surface area (Å²) in [7, 11) is 0. The van der Waals surface area contributed by atoms with Gasteiger partial charge in [0.2, 0.25) is 0 Å². The first kappa shape index (κ1) is 26.8. The number of hydrogen-bond acceptors (Lipinski definition) is 6. The Hall–Kier alpha value is -2.37. The van der Waals surface area contributed by atoms with Crippen molar-refractivity contribution in [2.24, 2.45) is 11.8 Å². The lowest BCUT2D eigenvalue weighted by Gasteiger charge is -2.42. The molecule has 3 aliphatic rings. The molecule has 1 aromatic carbocycles. The molecule has 2 bridgehead atoms. The third-order valence-corrected chi connectivity index (χ3v) is 9.10. The third-order valence-electron chi connectivity index (χ3n) is 8.88. The van der Waals surface area contributed by atoms with Crippen LogP contribution in [0.2, 0.25) is 5.02 Å². The number of halogens is 3. The van der Waals surface area contributed by atoms with E-state index in [0.29, 0.717) is 23.2 Å². The Morgan fingerprint density at radius 1 is 1.10 bits per heavy atom. The first-order valence-corrected chi connectivity index (χ1v) is 14.4. The predicted octanol–water partition coefficient (Wildman–Crippen LogP) is 4.14. The molecule has 0 saturated carbocycles. The minimum atomic E-state index is -2.56. The fraction of sp³-hybridized carbons (Fsp3) is 0.571. The molecule has 5 heterocycles. The molecule has 3 aliphatic heterocycles. The van der Waals surface area contributed by atoms with Gasteiger partial charge in [-0.25, -0.2) is 10.4 Å². The molecule has 3 saturated heterocycles. The maximum Gasteiger partial charge on any atom is 0.307 e. The van der Waals surface area contributed by atoms with Gasteiger partial charge in [-0.05, 0) is 68.8 Å². The summed E-state index contributed by atoms with van der Waals surface area (Å²) < 4.78 is 29.8. The number of fused-ring (bicyclic) bond motifs is 5. The summed E-state index contributed by atoms with van der Waals surface area (Å²) in [6.45, 7) is 1.66. The number of rotatable bonds is 3. The number of benzene rings is 1. The first-order valence-electron chi connectivity index (χ1n) is 14.0. The lowest BCUT2D eigenvalue weighted by atomic mass is 9.79. The highest BCUT2D eigenvalue weighted by molar-refractivity contribution is 6.31. The summed E-state index contributed by atoms with van der Waals surface area (Å²) in [6, 6.07) is 6.78. The second kappa shape index (κ2) is 11.2. The minimum absolute atomic E-state index is 0.00844. The number of H-pyrrole nitrogens is 1. The van der Waals surface area contributed by atoms with E-state index in [2.05, 4.69) is 28.0 Å². The Bertz CT molecular complexity index is 1360. The molecule has 0 radical (unpaired) electrons. The number of aromatic nitrogens is 3. The SMILES string of the molecule is C[C@@H]1CCC[C@H](n2cnc(-c3cc(Cl)cc4cc[nH]c34)cc2=O)C2CC(CCN2)C2C(CNN2C(F)F)NC1. The van der Waals surface area contributed by atoms with Crippen molar-refractivity contribution in [3.05, 3.63) is 52.2 Å². The first-order chi connectivity index (χ1) is 18.9. The number of nitrogens with one attached hydrogen (secondary N) is 4. The molecule has 4 unspecified atom stereocenters. The van der Waals surface area contributed by atoms with Crippen LogP contribution in [0.3, 0.4) is 0 Å². The summed E-state index contributed by atoms with van der Waals surface area (Å²) in [5, 5.41) is 9.92. The van der Waals surface area contributed by atoms with Crippen molar-refractivity contribution in [1.29, 1.82) is 0 Å². The zero-order valence-electron chi connectivity index (χ0n) is 22.0. The van der Waals surface area contributed by atoms with E-state index in [4.69, 9.17) is 16.6 Å². The van der Waals surface area contributed by atoms with Crippen molar-refractivity contribution in [2.45, 2.75) is 69.7 Å². The molecule has 3 fully saturated rings. The van der Waals surface area contributed by atoms with Crippen LogP contribution in [0.4, 0.5) is 8.78 Å². The van der Waals surface area contributed by atoms with Gasteiger partial charge in [-0.2, -0.15) is 13.8 Å². The molecule has 0 spiro atoms. The zero-order valence-corrected chi connectivity index (χ0v) is 22.8. The number of hydrogen-bond donors (Lipinski definition) is 4. The lowest BCUT2D eigenvalue weighted by Crippen LogP contribution is -2.56. The highest BCUT2D eigenvalue weighted by Crippen LogP contribution is 2.35. The van der Waals surface area contributed by atoms with Crippen molar-refractivity contribution in [3.8, 4) is 11.3 Å². The molecular formula is C28H36ClF2N7O. The molecule has 8 nitrogen and oxygen atoms in total. The maximum atomic E-state index is 14.0. The second-order valence-corrected chi connectivity index (χ2v) is 11.9. The Labute approximate surface area is 231 Å². The smallest absolute Gasteiger partial charge is 0.307 e. The number of hydrazine groups is 1. The third kappa shape index (κ3) is 5.37. The monoisotopic (exact) mass is 559 g/mol. The van der Waals surface area contributed by atoms with Crippen molar-refractivity contribution in [2.75, 3.05) is 19.6 Å². The summed E-state index contributed by atoms with van der Waals surface area (Å²) in [5.74, 6) is 0.480. The highest BCUT2D eigenvalue weighted by atomic mass is 35.5. The summed E-state index contributed by atoms with van der Waals surface area (Å²) in [5.41, 5.74) is 5.08. The van der Waals surface area contributed by atoms with Crippen LogP contribution in [-0.2, 0) is 0 Å². The van der Waals surface area contributed by atoms with Crippen LogP contribution < -0.4 is 21.6 Å². The molecule has 2 aromatic heterocycles. The van der Waals surface area contributed by atoms with Gasteiger partial charge in [-0.15, -0.1) is 0 Å². The summed E-state index contributed by atoms with van der Waals surface area (Å²) in [4.78, 5) is 21.6. The van der Waals surface area contributed by atoms with E-state index >= 15 is 0 Å². The summed E-state index contributed by atoms with van der Waals surface area (Å²) in [6.07, 6.45) is 7.83. The molecule has 4 N–H and O–H groups in total. The van der Waals surface area contributed by atoms with Crippen molar-refractivity contribution >= 4 is 22.5 Å². The molecule has 0 amide bonds. The van der Waals surface area contributed by atoms with Crippen LogP contribution in [0.1, 0.15) is 45.1 Å². The van der Waals surface area contributed by atoms with E-state index in [-0.39, 0.29) is 35.6 Å². The largest absolute Gasteiger partial charge is 0.361 e. The number of alkyl halides is 2. The second-order valence-electron chi connectivity index (χ2n) is 11.4. The van der Waals surface area contributed by atoms with Crippen LogP contribution in [0.15, 0.2) is 41.6 Å². The molecule has 11 heteroatoms. The Balaban J connectivity index is 1.33. The predicted molar refractivity (Wildman–Crippen MR) is 149 cm³/mol. The minimum Gasteiger partial charge on any atom is -0.361 e. The number of nitrogens with zero attached hydrogens (tertiary/aromatic N) is 3. The van der Waals surface area contributed by atoms with E-state index in [1.54, 1.807) is 17.0 Å². The van der Waals surface area contributed by atoms with Crippen molar-refractivity contribution in [1.82, 2.24) is 35.6 Å². The van der Waals surface area contributed by atoms with Crippen molar-refractivity contribution in [3.63, 3.8) is 0 Å². The Kier molecular flexibility index (Phi) is 7.74. The zero-order chi connectivity index (χ0) is 27.1. The number of piperidine rings is 1. The van der Waals surface area contributed by atoms with Gasteiger partial charge >= 0.3 is 6.55 Å². The summed E-state index contributed by atoms with van der Waals surface area (Å²) >= 11 is 6.36. The van der Waals surface area contributed by atoms with Gasteiger partial charge in [-0.3, -0.25) is 9.36 Å². The van der Waals surface area contributed by atoms with E-state index in [1.165, 1.54) is 0 Å². The van der Waals surface area contributed by atoms with E-state index in [1.807, 2.05) is 24.4 Å². The van der Waals surface area contributed by atoms with Crippen LogP contribution in [-0.4, -0.2) is 63.9 Å². The van der Waals surface area contributed by atoms with Gasteiger partial charge in [0.1, 0.15) is 0 Å². The van der Waals surface area contributed by atoms with Gasteiger partial charge in [0.05, 0.1) is 23.6 Å². The van der Waals surface area contributed by atoms with Gasteiger partial charge in [0.25, 0.3) is 5.56 Å². The van der Waals surface area contributed by atoms with Crippen molar-refractivity contribution < 1.29 is 8.78 Å². The average molecular weight is 560 g/mol. The standard InChI is InChI=1S/C28H36ClF2N7O/c1-16-3-2-4-24(22-10-18(6-7-32-22)27-23(34-13-16)14-36-38(27)28(30)31)37-15-35-21(12-25(37)39)20-11-19(29)9-17-5-8-33-26(17)20/h5,8-9,11-12,15-16,18,22-24,27-28,32-34,36H,2-4,6-7,10,13-14H2,1H3/t16-,18?,22?,23?,24+,27?/m1/s1. The van der Waals surface area contributed by atoms with Crippen LogP contribution in [0.5, 0.6) is 0 Å². The fourth-order valence-electron chi connectivity index (χ4n) is 6.96. The van der Waals surface area contributed by atoms with Gasteiger partial charge in [0.15, 0.2) is 0 Å². The Morgan fingerprint density at radius 2 is 1.97 bits per heavy atom. The quantitative estimate of drug-likeness (QED) is 0.361. The molecule has 3 aromatic rings. The average Bonchev–Trinajstić information content (AvgIpc) is 3.56. The van der Waals surface area contributed by atoms with E-state index < -0.39 is 6.55 Å². The molecule has 210 valence electrons. The molecule has 6 rings (SSSR count). The van der Waals surface area contributed by atoms with E-state index in [9.17, 15) is 13.6 Å². The van der Waals surface area contributed by atoms with Gasteiger partial charge < -0.3 is 15.6 Å². The molecular weight excluding hydrogens is 524 g/mol. The number of aromatic amines is 1. The van der Waals surface area contributed by atoms with Crippen LogP contribution in [0, 0.1) is 11.8 Å². The molecule has 0 aliphatic carbocycles. The Morgan fingerprint density at radius 3 is 2.79 bits per heavy atom. The topological polar surface area (TPSA) is 90.0 Å². The fourth-order valence-corrected chi connectivity index (χ4v) is 7.19. The van der Waals surface area contributed by atoms with E-state index in [0.717, 1.165) is 66.7 Å². The molecule has 6 atom stereocenters. The van der Waals surface area contributed by atoms with Crippen LogP contribution in [0.25, 0.3) is 22.2 Å². The maximum absolute atomic E-state index is 14.0. The van der Waals surface area contributed by atoms with Gasteiger partial charge in [-0.1, -0.05) is 24.9 Å². The normalized spacial score (nSPS) is 30.7.